The summed E-state index contributed by atoms with van der Waals surface area (Å²) in [4.78, 5) is 30.4. The van der Waals surface area contributed by atoms with Gasteiger partial charge in [-0.1, -0.05) is 32.4 Å². The Morgan fingerprint density at radius 1 is 1.03 bits per heavy atom. The summed E-state index contributed by atoms with van der Waals surface area (Å²) in [6.45, 7) is 8.32. The molecule has 0 atom stereocenters. The number of hydrogen-bond donors (Lipinski definition) is 1. The van der Waals surface area contributed by atoms with Crippen LogP contribution in [0.2, 0.25) is 5.02 Å². The number of nitrogens with one attached hydrogen (secondary N) is 1. The highest BCUT2D eigenvalue weighted by Crippen LogP contribution is 2.27. The number of amides is 1. The van der Waals surface area contributed by atoms with E-state index in [0.29, 0.717) is 27.7 Å². The average molecular weight is 462 g/mol. The van der Waals surface area contributed by atoms with Crippen molar-refractivity contribution in [3.63, 3.8) is 0 Å². The van der Waals surface area contributed by atoms with Crippen molar-refractivity contribution in [2.24, 2.45) is 0 Å². The van der Waals surface area contributed by atoms with E-state index in [-0.39, 0.29) is 17.9 Å². The Balaban J connectivity index is 1.73. The molecule has 1 amide bonds. The third-order valence-corrected chi connectivity index (χ3v) is 5.15. The third kappa shape index (κ3) is 5.23. The molecule has 9 heteroatoms. The molecule has 0 aliphatic heterocycles. The molecule has 0 spiro atoms. The number of carbonyl (C=O) groups is 1. The van der Waals surface area contributed by atoms with Gasteiger partial charge in [0.2, 0.25) is 0 Å². The molecule has 0 unspecified atom stereocenters. The summed E-state index contributed by atoms with van der Waals surface area (Å²) in [6.07, 6.45) is 6.42. The molecule has 4 aromatic rings. The van der Waals surface area contributed by atoms with Crippen molar-refractivity contribution in [2.45, 2.75) is 39.7 Å². The van der Waals surface area contributed by atoms with E-state index in [2.05, 4.69) is 51.1 Å². The first-order valence-electron chi connectivity index (χ1n) is 10.4. The highest BCUT2D eigenvalue weighted by molar-refractivity contribution is 6.30. The van der Waals surface area contributed by atoms with Crippen LogP contribution in [0.4, 0.5) is 0 Å². The minimum absolute atomic E-state index is 0.239. The van der Waals surface area contributed by atoms with E-state index >= 15 is 0 Å². The molecule has 4 rings (SSSR count). The van der Waals surface area contributed by atoms with Gasteiger partial charge in [0.05, 0.1) is 40.5 Å². The van der Waals surface area contributed by atoms with E-state index < -0.39 is 0 Å². The molecule has 0 bridgehead atoms. The van der Waals surface area contributed by atoms with E-state index in [1.54, 1.807) is 41.5 Å². The smallest absolute Gasteiger partial charge is 0.251 e. The van der Waals surface area contributed by atoms with E-state index in [0.717, 1.165) is 17.1 Å². The van der Waals surface area contributed by atoms with Gasteiger partial charge in [-0.05, 0) is 37.3 Å². The molecule has 0 saturated carbocycles. The zero-order valence-corrected chi connectivity index (χ0v) is 19.6. The van der Waals surface area contributed by atoms with Gasteiger partial charge in [0.1, 0.15) is 12.2 Å². The highest BCUT2D eigenvalue weighted by Gasteiger charge is 2.22. The SMILES string of the molecule is Cc1cnc(CNC(=O)c2cc(-c3ccc(Cl)cn3)cc(-n3ncnc3C(C)(C)C)c2)cn1. The molecule has 0 radical (unpaired) electrons. The summed E-state index contributed by atoms with van der Waals surface area (Å²) in [5.41, 5.74) is 3.90. The lowest BCUT2D eigenvalue weighted by Gasteiger charge is -2.19. The monoisotopic (exact) mass is 461 g/mol. The van der Waals surface area contributed by atoms with Gasteiger partial charge in [-0.2, -0.15) is 5.10 Å². The Labute approximate surface area is 197 Å². The third-order valence-electron chi connectivity index (χ3n) is 4.93. The average Bonchev–Trinajstić information content (AvgIpc) is 3.29. The normalized spacial score (nSPS) is 11.4. The molecule has 0 fully saturated rings. The van der Waals surface area contributed by atoms with Crippen LogP contribution in [0, 0.1) is 6.92 Å². The standard InChI is InChI=1S/C24H24ClN7O/c1-15-10-27-19(12-26-15)13-29-22(33)17-7-16(21-6-5-18(25)11-28-21)8-20(9-17)32-23(24(2,3)4)30-14-31-32/h5-12,14H,13H2,1-4H3,(H,29,33). The van der Waals surface area contributed by atoms with Crippen LogP contribution in [0.5, 0.6) is 0 Å². The van der Waals surface area contributed by atoms with Crippen molar-refractivity contribution < 1.29 is 4.79 Å². The summed E-state index contributed by atoms with van der Waals surface area (Å²) in [5.74, 6) is 0.539. The summed E-state index contributed by atoms with van der Waals surface area (Å²) in [7, 11) is 0. The van der Waals surface area contributed by atoms with E-state index in [4.69, 9.17) is 11.6 Å². The molecular weight excluding hydrogens is 438 g/mol. The Bertz CT molecular complexity index is 1280. The fourth-order valence-electron chi connectivity index (χ4n) is 3.28. The van der Waals surface area contributed by atoms with E-state index in [9.17, 15) is 4.79 Å². The molecule has 0 saturated heterocycles. The Morgan fingerprint density at radius 3 is 2.52 bits per heavy atom. The van der Waals surface area contributed by atoms with Crippen LogP contribution >= 0.6 is 11.6 Å². The Hall–Kier alpha value is -3.65. The molecule has 3 aromatic heterocycles. The molecule has 168 valence electrons. The van der Waals surface area contributed by atoms with Crippen LogP contribution < -0.4 is 5.32 Å². The lowest BCUT2D eigenvalue weighted by atomic mass is 9.95. The summed E-state index contributed by atoms with van der Waals surface area (Å²) in [5, 5.41) is 7.87. The van der Waals surface area contributed by atoms with Crippen LogP contribution in [0.25, 0.3) is 16.9 Å². The predicted octanol–water partition coefficient (Wildman–Crippen LogP) is 4.31. The molecule has 8 nitrogen and oxygen atoms in total. The fourth-order valence-corrected chi connectivity index (χ4v) is 3.40. The van der Waals surface area contributed by atoms with Gasteiger partial charge >= 0.3 is 0 Å². The molecule has 3 heterocycles. The van der Waals surface area contributed by atoms with E-state index in [1.165, 1.54) is 6.33 Å². The molecular formula is C24H24ClN7O. The van der Waals surface area contributed by atoms with Crippen molar-refractivity contribution in [3.05, 3.63) is 83.0 Å². The lowest BCUT2D eigenvalue weighted by Crippen LogP contribution is -2.24. The number of nitrogens with zero attached hydrogens (tertiary/aromatic N) is 6. The highest BCUT2D eigenvalue weighted by atomic mass is 35.5. The molecule has 1 N–H and O–H groups in total. The molecule has 33 heavy (non-hydrogen) atoms. The topological polar surface area (TPSA) is 98.5 Å². The maximum absolute atomic E-state index is 13.1. The Kier molecular flexibility index (Phi) is 6.20. The van der Waals surface area contributed by atoms with Gasteiger partial charge in [-0.3, -0.25) is 19.7 Å². The van der Waals surface area contributed by atoms with Crippen molar-refractivity contribution in [1.29, 1.82) is 0 Å². The summed E-state index contributed by atoms with van der Waals surface area (Å²) < 4.78 is 1.75. The minimum Gasteiger partial charge on any atom is -0.346 e. The number of rotatable bonds is 5. The largest absolute Gasteiger partial charge is 0.346 e. The van der Waals surface area contributed by atoms with Crippen LogP contribution in [0.1, 0.15) is 48.3 Å². The van der Waals surface area contributed by atoms with Crippen molar-refractivity contribution in [1.82, 2.24) is 35.0 Å². The maximum atomic E-state index is 13.1. The minimum atomic E-state index is -0.244. The first kappa shape index (κ1) is 22.5. The van der Waals surface area contributed by atoms with Crippen molar-refractivity contribution >= 4 is 17.5 Å². The van der Waals surface area contributed by atoms with Gasteiger partial charge < -0.3 is 5.32 Å². The number of benzene rings is 1. The van der Waals surface area contributed by atoms with E-state index in [1.807, 2.05) is 19.1 Å². The number of pyridine rings is 1. The number of hydrogen-bond acceptors (Lipinski definition) is 6. The quantitative estimate of drug-likeness (QED) is 0.475. The second-order valence-corrected chi connectivity index (χ2v) is 9.14. The maximum Gasteiger partial charge on any atom is 0.251 e. The van der Waals surface area contributed by atoms with Gasteiger partial charge in [0, 0.05) is 28.9 Å². The Morgan fingerprint density at radius 2 is 1.85 bits per heavy atom. The number of aryl methyl sites for hydroxylation is 1. The predicted molar refractivity (Wildman–Crippen MR) is 126 cm³/mol. The first-order valence-corrected chi connectivity index (χ1v) is 10.8. The second kappa shape index (κ2) is 9.07. The van der Waals surface area contributed by atoms with Gasteiger partial charge in [-0.15, -0.1) is 0 Å². The second-order valence-electron chi connectivity index (χ2n) is 8.71. The summed E-state index contributed by atoms with van der Waals surface area (Å²) in [6, 6.07) is 9.10. The van der Waals surface area contributed by atoms with Crippen LogP contribution in [-0.4, -0.2) is 35.6 Å². The lowest BCUT2D eigenvalue weighted by molar-refractivity contribution is 0.0950. The number of aromatic nitrogens is 6. The van der Waals surface area contributed by atoms with Gasteiger partial charge in [0.15, 0.2) is 0 Å². The molecule has 0 aliphatic rings. The van der Waals surface area contributed by atoms with Gasteiger partial charge in [-0.25, -0.2) is 9.67 Å². The fraction of sp³-hybridized carbons (Fsp3) is 0.250. The molecule has 0 aliphatic carbocycles. The van der Waals surface area contributed by atoms with Crippen LogP contribution in [0.3, 0.4) is 0 Å². The van der Waals surface area contributed by atoms with Crippen molar-refractivity contribution in [2.75, 3.05) is 0 Å². The summed E-state index contributed by atoms with van der Waals surface area (Å²) >= 11 is 6.01. The zero-order chi connectivity index (χ0) is 23.6. The van der Waals surface area contributed by atoms with Crippen molar-refractivity contribution in [3.8, 4) is 16.9 Å². The zero-order valence-electron chi connectivity index (χ0n) is 18.9. The number of carbonyl (C=O) groups excluding carboxylic acids is 1. The van der Waals surface area contributed by atoms with Crippen LogP contribution in [-0.2, 0) is 12.0 Å². The first-order chi connectivity index (χ1) is 15.7. The molecule has 1 aromatic carbocycles. The van der Waals surface area contributed by atoms with Crippen LogP contribution in [0.15, 0.2) is 55.2 Å². The van der Waals surface area contributed by atoms with Gasteiger partial charge in [0.25, 0.3) is 5.91 Å². The number of halogens is 1.